The third-order valence-corrected chi connectivity index (χ3v) is 8.74. The molecule has 0 aliphatic rings. The fourth-order valence-electron chi connectivity index (χ4n) is 3.01. The topological polar surface area (TPSA) is 80.8 Å². The molecule has 3 aromatic heterocycles. The van der Waals surface area contributed by atoms with Crippen LogP contribution in [0.2, 0.25) is 0 Å². The predicted octanol–water partition coefficient (Wildman–Crippen LogP) is 8.13. The number of fused-ring (bicyclic) bond motifs is 1. The number of thiophene rings is 2. The Morgan fingerprint density at radius 1 is 1.17 bits per heavy atom. The van der Waals surface area contributed by atoms with E-state index in [9.17, 15) is 9.59 Å². The molecule has 0 aliphatic heterocycles. The lowest BCUT2D eigenvalue weighted by molar-refractivity contribution is -0.0384. The molecular weight excluding hydrogens is 596 g/mol. The van der Waals surface area contributed by atoms with Gasteiger partial charge in [-0.05, 0) is 87.4 Å². The average Bonchev–Trinajstić information content (AvgIpc) is 3.42. The first kappa shape index (κ1) is 28.7. The number of carbonyl (C=O) groups excluding carboxylic acids is 2. The van der Waals surface area contributed by atoms with Crippen molar-refractivity contribution in [3.05, 3.63) is 31.7 Å². The molecule has 3 aromatic rings. The molecule has 198 valence electrons. The Morgan fingerprint density at radius 3 is 2.36 bits per heavy atom. The molecule has 0 spiro atoms. The predicted molar refractivity (Wildman–Crippen MR) is 145 cm³/mol. The summed E-state index contributed by atoms with van der Waals surface area (Å²) in [6.45, 7) is 11.7. The summed E-state index contributed by atoms with van der Waals surface area (Å²) >= 11 is 6.61. The van der Waals surface area contributed by atoms with Crippen LogP contribution >= 0.6 is 50.1 Å². The first-order valence-electron chi connectivity index (χ1n) is 11.0. The number of carbonyl (C=O) groups is 2. The second kappa shape index (κ2) is 10.5. The fraction of sp³-hybridized carbons (Fsp3) is 0.522. The van der Waals surface area contributed by atoms with Crippen LogP contribution in [0.1, 0.15) is 58.2 Å². The zero-order chi connectivity index (χ0) is 27.1. The highest BCUT2D eigenvalue weighted by Crippen LogP contribution is 2.49. The van der Waals surface area contributed by atoms with Crippen molar-refractivity contribution >= 4 is 77.5 Å². The van der Waals surface area contributed by atoms with Crippen molar-refractivity contribution in [3.63, 3.8) is 0 Å². The van der Waals surface area contributed by atoms with Crippen molar-refractivity contribution in [1.29, 1.82) is 0 Å². The number of amides is 2. The fourth-order valence-corrected chi connectivity index (χ4v) is 6.96. The lowest BCUT2D eigenvalue weighted by Crippen LogP contribution is -2.45. The largest absolute Gasteiger partial charge is 0.444 e. The van der Waals surface area contributed by atoms with Gasteiger partial charge in [0, 0.05) is 4.88 Å². The van der Waals surface area contributed by atoms with Gasteiger partial charge in [-0.1, -0.05) is 6.07 Å². The molecule has 0 aromatic carbocycles. The van der Waals surface area contributed by atoms with Crippen molar-refractivity contribution in [3.8, 4) is 0 Å². The zero-order valence-electron chi connectivity index (χ0n) is 20.9. The van der Waals surface area contributed by atoms with E-state index in [4.69, 9.17) is 9.47 Å². The summed E-state index contributed by atoms with van der Waals surface area (Å²) in [6.07, 6.45) is -1.53. The van der Waals surface area contributed by atoms with Gasteiger partial charge in [-0.15, -0.1) is 22.7 Å². The van der Waals surface area contributed by atoms with E-state index in [1.807, 2.05) is 17.5 Å². The van der Waals surface area contributed by atoms with E-state index in [0.717, 1.165) is 27.7 Å². The lowest BCUT2D eigenvalue weighted by Gasteiger charge is -2.26. The van der Waals surface area contributed by atoms with Gasteiger partial charge in [-0.2, -0.15) is 13.2 Å². The number of nitrogens with one attached hydrogen (secondary N) is 1. The maximum Gasteiger partial charge on any atom is 0.415 e. The Morgan fingerprint density at radius 2 is 1.81 bits per heavy atom. The molecule has 0 saturated heterocycles. The van der Waals surface area contributed by atoms with Crippen LogP contribution in [0.15, 0.2) is 22.0 Å². The molecule has 13 heteroatoms. The molecule has 1 N–H and O–H groups in total. The number of nitrogens with zero attached hydrogens (tertiary/aromatic N) is 2. The van der Waals surface area contributed by atoms with E-state index in [0.29, 0.717) is 15.2 Å². The van der Waals surface area contributed by atoms with Crippen LogP contribution in [0.4, 0.5) is 23.4 Å². The molecule has 7 nitrogen and oxygen atoms in total. The minimum absolute atomic E-state index is 0.119. The van der Waals surface area contributed by atoms with Gasteiger partial charge >= 0.3 is 18.1 Å². The normalized spacial score (nSPS) is 13.5. The minimum Gasteiger partial charge on any atom is -0.444 e. The third-order valence-electron chi connectivity index (χ3n) is 4.58. The summed E-state index contributed by atoms with van der Waals surface area (Å²) in [7, 11) is 0. The molecule has 3 rings (SSSR count). The molecule has 2 amide bonds. The number of hydrogen-bond donors (Lipinski definition) is 1. The highest BCUT2D eigenvalue weighted by Gasteiger charge is 2.45. The minimum atomic E-state index is -3.44. The second-order valence-corrected chi connectivity index (χ2v) is 13.6. The molecule has 0 saturated carbocycles. The Kier molecular flexibility index (Phi) is 8.38. The highest BCUT2D eigenvalue weighted by molar-refractivity contribution is 9.10. The van der Waals surface area contributed by atoms with E-state index in [-0.39, 0.29) is 15.9 Å². The summed E-state index contributed by atoms with van der Waals surface area (Å²) in [5, 5.41) is 4.53. The van der Waals surface area contributed by atoms with Crippen LogP contribution in [-0.2, 0) is 21.9 Å². The molecule has 3 heterocycles. The molecular formula is C23H28BrF2N3O4S3. The first-order valence-corrected chi connectivity index (χ1v) is 14.2. The summed E-state index contributed by atoms with van der Waals surface area (Å²) in [5.74, 6) is -3.44. The summed E-state index contributed by atoms with van der Waals surface area (Å²) in [6, 6.07) is 2.19. The van der Waals surface area contributed by atoms with Gasteiger partial charge < -0.3 is 14.8 Å². The Hall–Kier alpha value is -1.83. The Labute approximate surface area is 229 Å². The number of aromatic nitrogens is 1. The van der Waals surface area contributed by atoms with Crippen molar-refractivity contribution < 1.29 is 27.8 Å². The van der Waals surface area contributed by atoms with E-state index < -0.39 is 35.4 Å². The van der Waals surface area contributed by atoms with Crippen LogP contribution in [0.5, 0.6) is 0 Å². The van der Waals surface area contributed by atoms with Gasteiger partial charge in [0.2, 0.25) is 0 Å². The van der Waals surface area contributed by atoms with Crippen LogP contribution in [0.25, 0.3) is 10.2 Å². The van der Waals surface area contributed by atoms with Crippen molar-refractivity contribution in [1.82, 2.24) is 9.69 Å². The summed E-state index contributed by atoms with van der Waals surface area (Å²) in [5.41, 5.74) is -1.25. The summed E-state index contributed by atoms with van der Waals surface area (Å²) < 4.78 is 46.7. The van der Waals surface area contributed by atoms with E-state index in [1.54, 1.807) is 41.5 Å². The maximum atomic E-state index is 15.5. The van der Waals surface area contributed by atoms with Crippen molar-refractivity contribution in [2.45, 2.75) is 78.2 Å². The van der Waals surface area contributed by atoms with Crippen LogP contribution in [-0.4, -0.2) is 33.8 Å². The van der Waals surface area contributed by atoms with E-state index in [1.165, 1.54) is 23.2 Å². The maximum absolute atomic E-state index is 15.5. The molecule has 36 heavy (non-hydrogen) atoms. The number of halogens is 3. The Bertz CT molecular complexity index is 1230. The highest BCUT2D eigenvalue weighted by atomic mass is 79.9. The monoisotopic (exact) mass is 623 g/mol. The number of alkyl halides is 2. The number of hydrogen-bond acceptors (Lipinski definition) is 8. The average molecular weight is 625 g/mol. The van der Waals surface area contributed by atoms with Gasteiger partial charge in [0.15, 0.2) is 0 Å². The van der Waals surface area contributed by atoms with Crippen LogP contribution in [0, 0.1) is 0 Å². The molecule has 0 bridgehead atoms. The zero-order valence-corrected chi connectivity index (χ0v) is 24.9. The third kappa shape index (κ3) is 6.73. The smallest absolute Gasteiger partial charge is 0.415 e. The lowest BCUT2D eigenvalue weighted by atomic mass is 10.1. The number of alkyl carbamates (subject to hydrolysis) is 1. The molecule has 0 radical (unpaired) electrons. The summed E-state index contributed by atoms with van der Waals surface area (Å²) in [4.78, 5) is 27.2. The SMILES string of the molecule is C[C@H](NC(=O)OC(C)(C)C)C(F)(F)c1sc2c(N(Cc3cccs3)C(=O)OC(C)(C)C)snc2c1Br. The molecule has 0 unspecified atom stereocenters. The number of ether oxygens (including phenoxy) is 2. The first-order chi connectivity index (χ1) is 16.5. The van der Waals surface area contributed by atoms with Gasteiger partial charge in [-0.3, -0.25) is 4.90 Å². The van der Waals surface area contributed by atoms with Gasteiger partial charge in [-0.25, -0.2) is 9.59 Å². The van der Waals surface area contributed by atoms with Crippen LogP contribution < -0.4 is 10.2 Å². The molecule has 0 aliphatic carbocycles. The van der Waals surface area contributed by atoms with Crippen molar-refractivity contribution in [2.24, 2.45) is 0 Å². The van der Waals surface area contributed by atoms with E-state index in [2.05, 4.69) is 25.6 Å². The second-order valence-electron chi connectivity index (χ2n) is 10.0. The molecule has 1 atom stereocenters. The Balaban J connectivity index is 1.98. The molecule has 0 fully saturated rings. The standard InChI is InChI=1S/C23H28BrF2N3O4S3/c1-12(27-19(30)32-21(2,3)4)23(25,26)17-14(24)15-16(35-17)18(36-28-15)29(11-13-9-8-10-34-13)20(31)33-22(5,6)7/h8-10,12H,11H2,1-7H3,(H,27,30)/t12-/m0/s1. The van der Waals surface area contributed by atoms with Gasteiger partial charge in [0.1, 0.15) is 21.7 Å². The van der Waals surface area contributed by atoms with Gasteiger partial charge in [0.25, 0.3) is 0 Å². The van der Waals surface area contributed by atoms with Crippen LogP contribution in [0.3, 0.4) is 0 Å². The van der Waals surface area contributed by atoms with Crippen molar-refractivity contribution in [2.75, 3.05) is 4.90 Å². The van der Waals surface area contributed by atoms with Gasteiger partial charge in [0.05, 0.1) is 26.6 Å². The number of rotatable bonds is 6. The van der Waals surface area contributed by atoms with E-state index >= 15 is 8.78 Å². The quantitative estimate of drug-likeness (QED) is 0.300. The number of anilines is 1.